The molecular formula is C13H13F3N2O4. The maximum absolute atomic E-state index is 12.7. The van der Waals surface area contributed by atoms with Gasteiger partial charge in [0.2, 0.25) is 0 Å². The summed E-state index contributed by atoms with van der Waals surface area (Å²) in [6, 6.07) is 4.99. The van der Waals surface area contributed by atoms with Gasteiger partial charge in [-0.25, -0.2) is 0 Å². The van der Waals surface area contributed by atoms with Gasteiger partial charge in [-0.05, 0) is 6.07 Å². The highest BCUT2D eigenvalue weighted by atomic mass is 19.4. The Labute approximate surface area is 123 Å². The van der Waals surface area contributed by atoms with Crippen LogP contribution in [0.15, 0.2) is 24.3 Å². The maximum Gasteiger partial charge on any atom is 0.417 e. The summed E-state index contributed by atoms with van der Waals surface area (Å²) in [5, 5.41) is 20.2. The highest BCUT2D eigenvalue weighted by molar-refractivity contribution is 5.94. The molecule has 1 aliphatic heterocycles. The van der Waals surface area contributed by atoms with Crippen molar-refractivity contribution in [1.82, 2.24) is 4.90 Å². The smallest absolute Gasteiger partial charge is 0.380 e. The van der Waals surface area contributed by atoms with Crippen molar-refractivity contribution in [3.8, 4) is 0 Å². The van der Waals surface area contributed by atoms with Gasteiger partial charge in [0.15, 0.2) is 5.60 Å². The normalized spacial score (nSPS) is 18.1. The van der Waals surface area contributed by atoms with E-state index in [4.69, 9.17) is 0 Å². The van der Waals surface area contributed by atoms with Crippen LogP contribution < -0.4 is 0 Å². The van der Waals surface area contributed by atoms with E-state index in [1.54, 1.807) is 0 Å². The van der Waals surface area contributed by atoms with Crippen molar-refractivity contribution in [2.75, 3.05) is 13.1 Å². The van der Waals surface area contributed by atoms with E-state index in [1.165, 1.54) is 18.2 Å². The van der Waals surface area contributed by atoms with Crippen LogP contribution in [0.25, 0.3) is 0 Å². The van der Waals surface area contributed by atoms with E-state index >= 15 is 0 Å². The fourth-order valence-corrected chi connectivity index (χ4v) is 2.30. The number of non-ortho nitro benzene ring substituents is 1. The Morgan fingerprint density at radius 1 is 1.32 bits per heavy atom. The van der Waals surface area contributed by atoms with Gasteiger partial charge in [-0.3, -0.25) is 14.9 Å². The van der Waals surface area contributed by atoms with Gasteiger partial charge in [0, 0.05) is 43.6 Å². The van der Waals surface area contributed by atoms with Crippen molar-refractivity contribution in [3.63, 3.8) is 0 Å². The number of benzene rings is 1. The summed E-state index contributed by atoms with van der Waals surface area (Å²) < 4.78 is 38.1. The van der Waals surface area contributed by atoms with Crippen LogP contribution in [0.2, 0.25) is 0 Å². The maximum atomic E-state index is 12.7. The Morgan fingerprint density at radius 3 is 2.41 bits per heavy atom. The molecule has 0 aromatic heterocycles. The lowest BCUT2D eigenvalue weighted by Gasteiger charge is -2.39. The first-order valence-electron chi connectivity index (χ1n) is 6.47. The number of hydrogen-bond donors (Lipinski definition) is 1. The molecular weight excluding hydrogens is 305 g/mol. The molecule has 22 heavy (non-hydrogen) atoms. The number of piperidine rings is 1. The van der Waals surface area contributed by atoms with Crippen LogP contribution in [-0.4, -0.2) is 45.7 Å². The van der Waals surface area contributed by atoms with E-state index in [9.17, 15) is 33.2 Å². The van der Waals surface area contributed by atoms with Gasteiger partial charge >= 0.3 is 6.18 Å². The molecule has 2 rings (SSSR count). The highest BCUT2D eigenvalue weighted by Crippen LogP contribution is 2.38. The van der Waals surface area contributed by atoms with Gasteiger partial charge in [-0.2, -0.15) is 13.2 Å². The summed E-state index contributed by atoms with van der Waals surface area (Å²) in [6.45, 7) is -0.533. The second-order valence-corrected chi connectivity index (χ2v) is 5.13. The minimum atomic E-state index is -4.74. The van der Waals surface area contributed by atoms with Crippen LogP contribution in [0.5, 0.6) is 0 Å². The molecule has 0 aliphatic carbocycles. The molecule has 9 heteroatoms. The Bertz CT molecular complexity index is 595. The fourth-order valence-electron chi connectivity index (χ4n) is 2.30. The molecule has 1 aliphatic rings. The minimum Gasteiger partial charge on any atom is -0.380 e. The van der Waals surface area contributed by atoms with Crippen molar-refractivity contribution in [2.45, 2.75) is 24.6 Å². The lowest BCUT2D eigenvalue weighted by atomic mass is 9.90. The Hall–Kier alpha value is -2.16. The number of aliphatic hydroxyl groups is 1. The molecule has 6 nitrogen and oxygen atoms in total. The third-order valence-electron chi connectivity index (χ3n) is 3.71. The molecule has 0 radical (unpaired) electrons. The molecule has 1 heterocycles. The van der Waals surface area contributed by atoms with Gasteiger partial charge in [0.1, 0.15) is 0 Å². The number of halogens is 3. The molecule has 1 aromatic rings. The van der Waals surface area contributed by atoms with Crippen LogP contribution >= 0.6 is 0 Å². The summed E-state index contributed by atoms with van der Waals surface area (Å²) in [6.07, 6.45) is -5.97. The van der Waals surface area contributed by atoms with Crippen LogP contribution in [0.3, 0.4) is 0 Å². The Balaban J connectivity index is 2.10. The second-order valence-electron chi connectivity index (χ2n) is 5.13. The number of nitro groups is 1. The van der Waals surface area contributed by atoms with Crippen LogP contribution in [-0.2, 0) is 0 Å². The molecule has 0 saturated carbocycles. The van der Waals surface area contributed by atoms with Crippen molar-refractivity contribution in [3.05, 3.63) is 39.9 Å². The number of nitro benzene ring substituents is 1. The lowest BCUT2D eigenvalue weighted by molar-refractivity contribution is -0.384. The topological polar surface area (TPSA) is 83.7 Å². The number of alkyl halides is 3. The number of hydrogen-bond acceptors (Lipinski definition) is 4. The van der Waals surface area contributed by atoms with E-state index in [0.717, 1.165) is 11.0 Å². The highest BCUT2D eigenvalue weighted by Gasteiger charge is 2.54. The predicted molar refractivity (Wildman–Crippen MR) is 69.2 cm³/mol. The van der Waals surface area contributed by atoms with Crippen molar-refractivity contribution in [2.24, 2.45) is 0 Å². The van der Waals surface area contributed by atoms with Gasteiger partial charge < -0.3 is 10.0 Å². The van der Waals surface area contributed by atoms with Crippen LogP contribution in [0, 0.1) is 10.1 Å². The molecule has 1 aromatic carbocycles. The molecule has 1 fully saturated rings. The van der Waals surface area contributed by atoms with Gasteiger partial charge in [-0.15, -0.1) is 0 Å². The number of rotatable bonds is 2. The first kappa shape index (κ1) is 16.2. The summed E-state index contributed by atoms with van der Waals surface area (Å²) in [5.41, 5.74) is -3.02. The second kappa shape index (κ2) is 5.56. The molecule has 0 bridgehead atoms. The molecule has 120 valence electrons. The third kappa shape index (κ3) is 3.03. The SMILES string of the molecule is O=C(c1cccc([N+](=O)[O-])c1)N1CCC(O)(C(F)(F)F)CC1. The summed E-state index contributed by atoms with van der Waals surface area (Å²) >= 11 is 0. The van der Waals surface area contributed by atoms with E-state index in [-0.39, 0.29) is 24.3 Å². The molecule has 0 atom stereocenters. The van der Waals surface area contributed by atoms with E-state index in [1.807, 2.05) is 0 Å². The van der Waals surface area contributed by atoms with E-state index in [0.29, 0.717) is 0 Å². The number of carbonyl (C=O) groups is 1. The average Bonchev–Trinajstić information content (AvgIpc) is 2.46. The molecule has 0 unspecified atom stereocenters. The fraction of sp³-hybridized carbons (Fsp3) is 0.462. The quantitative estimate of drug-likeness (QED) is 0.669. The number of carbonyl (C=O) groups excluding carboxylic acids is 1. The largest absolute Gasteiger partial charge is 0.417 e. The zero-order valence-corrected chi connectivity index (χ0v) is 11.3. The first-order chi connectivity index (χ1) is 10.1. The van der Waals surface area contributed by atoms with Crippen molar-refractivity contribution >= 4 is 11.6 Å². The van der Waals surface area contributed by atoms with E-state index < -0.39 is 35.4 Å². The van der Waals surface area contributed by atoms with Crippen LogP contribution in [0.4, 0.5) is 18.9 Å². The standard InChI is InChI=1S/C13H13F3N2O4/c14-13(15,16)12(20)4-6-17(7-5-12)11(19)9-2-1-3-10(8-9)18(21)22/h1-3,8,20H,4-7H2. The lowest BCUT2D eigenvalue weighted by Crippen LogP contribution is -2.54. The zero-order chi connectivity index (χ0) is 16.5. The third-order valence-corrected chi connectivity index (χ3v) is 3.71. The van der Waals surface area contributed by atoms with Gasteiger partial charge in [0.05, 0.1) is 4.92 Å². The predicted octanol–water partition coefficient (Wildman–Crippen LogP) is 2.12. The van der Waals surface area contributed by atoms with Crippen LogP contribution in [0.1, 0.15) is 23.2 Å². The molecule has 1 saturated heterocycles. The van der Waals surface area contributed by atoms with Crippen molar-refractivity contribution in [1.29, 1.82) is 0 Å². The van der Waals surface area contributed by atoms with Crippen molar-refractivity contribution < 1.29 is 28.0 Å². The first-order valence-corrected chi connectivity index (χ1v) is 6.47. The monoisotopic (exact) mass is 318 g/mol. The molecule has 1 N–H and O–H groups in total. The van der Waals surface area contributed by atoms with Gasteiger partial charge in [0.25, 0.3) is 11.6 Å². The Morgan fingerprint density at radius 2 is 1.91 bits per heavy atom. The van der Waals surface area contributed by atoms with Gasteiger partial charge in [-0.1, -0.05) is 6.07 Å². The summed E-state index contributed by atoms with van der Waals surface area (Å²) in [5.74, 6) is -0.590. The number of amides is 1. The number of likely N-dealkylation sites (tertiary alicyclic amines) is 1. The molecule has 0 spiro atoms. The summed E-state index contributed by atoms with van der Waals surface area (Å²) in [7, 11) is 0. The Kier molecular flexibility index (Phi) is 4.10. The summed E-state index contributed by atoms with van der Waals surface area (Å²) in [4.78, 5) is 23.3. The van der Waals surface area contributed by atoms with E-state index in [2.05, 4.69) is 0 Å². The minimum absolute atomic E-state index is 0.0339. The zero-order valence-electron chi connectivity index (χ0n) is 11.3. The average molecular weight is 318 g/mol. The molecule has 1 amide bonds. The number of nitrogens with zero attached hydrogens (tertiary/aromatic N) is 2.